The fraction of sp³-hybridized carbons (Fsp3) is 0.192. The fourth-order valence-electron chi connectivity index (χ4n) is 3.68. The zero-order chi connectivity index (χ0) is 23.2. The van der Waals surface area contributed by atoms with Gasteiger partial charge in [0.2, 0.25) is 5.91 Å². The third-order valence-electron chi connectivity index (χ3n) is 5.51. The zero-order valence-corrected chi connectivity index (χ0v) is 20.0. The van der Waals surface area contributed by atoms with Crippen LogP contribution in [0.3, 0.4) is 0 Å². The van der Waals surface area contributed by atoms with Crippen LogP contribution in [-0.4, -0.2) is 35.0 Å². The van der Waals surface area contributed by atoms with Gasteiger partial charge in [-0.25, -0.2) is 4.98 Å². The molecule has 0 aliphatic rings. The average molecular weight is 505 g/mol. The van der Waals surface area contributed by atoms with E-state index in [9.17, 15) is 9.59 Å². The van der Waals surface area contributed by atoms with Gasteiger partial charge in [0.15, 0.2) is 0 Å². The number of benzene rings is 3. The van der Waals surface area contributed by atoms with Crippen LogP contribution in [0.4, 0.5) is 5.69 Å². The molecule has 3 aromatic carbocycles. The van der Waals surface area contributed by atoms with Gasteiger partial charge >= 0.3 is 0 Å². The number of rotatable bonds is 8. The third-order valence-corrected chi connectivity index (χ3v) is 6.04. The van der Waals surface area contributed by atoms with Gasteiger partial charge in [-0.05, 0) is 55.0 Å². The lowest BCUT2D eigenvalue weighted by Crippen LogP contribution is -2.30. The van der Waals surface area contributed by atoms with E-state index in [1.54, 1.807) is 24.1 Å². The average Bonchev–Trinajstić information content (AvgIpc) is 3.19. The number of carbonyl (C=O) groups is 2. The highest BCUT2D eigenvalue weighted by Gasteiger charge is 2.17. The summed E-state index contributed by atoms with van der Waals surface area (Å²) in [5.74, 6) is 0.716. The van der Waals surface area contributed by atoms with Crippen molar-refractivity contribution in [2.24, 2.45) is 0 Å². The minimum Gasteiger partial charge on any atom is -0.352 e. The molecular formula is C26H25BrN4O2. The van der Waals surface area contributed by atoms with Crippen molar-refractivity contribution in [2.75, 3.05) is 18.5 Å². The van der Waals surface area contributed by atoms with Gasteiger partial charge in [0.1, 0.15) is 12.4 Å². The SMILES string of the molecule is CN(C(=O)Cn1c(CCCNC(=O)c2ccc(Br)cc2)nc2ccccc21)c1ccccc1. The van der Waals surface area contributed by atoms with Crippen LogP contribution in [0, 0.1) is 0 Å². The number of aryl methyl sites for hydroxylation is 1. The van der Waals surface area contributed by atoms with Crippen LogP contribution in [0.25, 0.3) is 11.0 Å². The molecular weight excluding hydrogens is 480 g/mol. The summed E-state index contributed by atoms with van der Waals surface area (Å²) in [5, 5.41) is 2.96. The van der Waals surface area contributed by atoms with E-state index in [-0.39, 0.29) is 18.4 Å². The molecule has 0 unspecified atom stereocenters. The van der Waals surface area contributed by atoms with Crippen molar-refractivity contribution in [3.63, 3.8) is 0 Å². The smallest absolute Gasteiger partial charge is 0.251 e. The number of amides is 2. The van der Waals surface area contributed by atoms with Gasteiger partial charge in [-0.2, -0.15) is 0 Å². The van der Waals surface area contributed by atoms with Crippen LogP contribution >= 0.6 is 15.9 Å². The lowest BCUT2D eigenvalue weighted by Gasteiger charge is -2.18. The number of nitrogens with one attached hydrogen (secondary N) is 1. The minimum absolute atomic E-state index is 0.0193. The maximum Gasteiger partial charge on any atom is 0.251 e. The molecule has 0 aliphatic carbocycles. The third kappa shape index (κ3) is 5.49. The number of carbonyl (C=O) groups excluding carboxylic acids is 2. The van der Waals surface area contributed by atoms with E-state index in [0.717, 1.165) is 27.0 Å². The summed E-state index contributed by atoms with van der Waals surface area (Å²) in [6.07, 6.45) is 1.37. The lowest BCUT2D eigenvalue weighted by atomic mass is 10.2. The Hall–Kier alpha value is -3.45. The molecule has 1 N–H and O–H groups in total. The Kier molecular flexibility index (Phi) is 7.19. The molecule has 0 aliphatic heterocycles. The van der Waals surface area contributed by atoms with E-state index < -0.39 is 0 Å². The van der Waals surface area contributed by atoms with Gasteiger partial charge < -0.3 is 14.8 Å². The molecule has 1 heterocycles. The number of hydrogen-bond donors (Lipinski definition) is 1. The van der Waals surface area contributed by atoms with Crippen molar-refractivity contribution in [1.82, 2.24) is 14.9 Å². The molecule has 0 saturated heterocycles. The second-order valence-corrected chi connectivity index (χ2v) is 8.67. The second kappa shape index (κ2) is 10.4. The number of nitrogens with zero attached hydrogens (tertiary/aromatic N) is 3. The highest BCUT2D eigenvalue weighted by atomic mass is 79.9. The van der Waals surface area contributed by atoms with E-state index >= 15 is 0 Å². The Labute approximate surface area is 201 Å². The molecule has 0 radical (unpaired) electrons. The quantitative estimate of drug-likeness (QED) is 0.349. The molecule has 0 bridgehead atoms. The first kappa shape index (κ1) is 22.7. The topological polar surface area (TPSA) is 67.2 Å². The summed E-state index contributed by atoms with van der Waals surface area (Å²) in [5.41, 5.74) is 3.27. The number of hydrogen-bond acceptors (Lipinski definition) is 3. The number of anilines is 1. The summed E-state index contributed by atoms with van der Waals surface area (Å²) >= 11 is 3.38. The number of imidazole rings is 1. The fourth-order valence-corrected chi connectivity index (χ4v) is 3.95. The second-order valence-electron chi connectivity index (χ2n) is 7.76. The summed E-state index contributed by atoms with van der Waals surface area (Å²) in [4.78, 5) is 31.8. The molecule has 0 saturated carbocycles. The van der Waals surface area contributed by atoms with Crippen LogP contribution in [0.15, 0.2) is 83.3 Å². The number of aromatic nitrogens is 2. The van der Waals surface area contributed by atoms with Crippen LogP contribution < -0.4 is 10.2 Å². The number of para-hydroxylation sites is 3. The van der Waals surface area contributed by atoms with E-state index in [4.69, 9.17) is 4.98 Å². The molecule has 33 heavy (non-hydrogen) atoms. The number of halogens is 1. The Balaban J connectivity index is 1.43. The first-order chi connectivity index (χ1) is 16.0. The molecule has 0 spiro atoms. The van der Waals surface area contributed by atoms with E-state index in [1.165, 1.54) is 0 Å². The lowest BCUT2D eigenvalue weighted by molar-refractivity contribution is -0.118. The summed E-state index contributed by atoms with van der Waals surface area (Å²) in [6.45, 7) is 0.725. The highest BCUT2D eigenvalue weighted by Crippen LogP contribution is 2.19. The maximum absolute atomic E-state index is 13.0. The van der Waals surface area contributed by atoms with Gasteiger partial charge in [0.25, 0.3) is 5.91 Å². The van der Waals surface area contributed by atoms with Crippen LogP contribution in [0.5, 0.6) is 0 Å². The van der Waals surface area contributed by atoms with E-state index in [1.807, 2.05) is 71.3 Å². The molecule has 7 heteroatoms. The summed E-state index contributed by atoms with van der Waals surface area (Å²) < 4.78 is 2.92. The minimum atomic E-state index is -0.101. The van der Waals surface area contributed by atoms with Crippen molar-refractivity contribution in [3.05, 3.63) is 94.7 Å². The van der Waals surface area contributed by atoms with Gasteiger partial charge in [-0.1, -0.05) is 46.3 Å². The van der Waals surface area contributed by atoms with Crippen LogP contribution in [0.1, 0.15) is 22.6 Å². The van der Waals surface area contributed by atoms with Crippen molar-refractivity contribution in [1.29, 1.82) is 0 Å². The van der Waals surface area contributed by atoms with Crippen molar-refractivity contribution in [3.8, 4) is 0 Å². The molecule has 1 aromatic heterocycles. The molecule has 168 valence electrons. The molecule has 0 atom stereocenters. The standard InChI is InChI=1S/C26H25BrN4O2/c1-30(21-8-3-2-4-9-21)25(32)18-31-23-11-6-5-10-22(23)29-24(31)12-7-17-28-26(33)19-13-15-20(27)16-14-19/h2-6,8-11,13-16H,7,12,17-18H2,1H3,(H,28,33). The highest BCUT2D eigenvalue weighted by molar-refractivity contribution is 9.10. The van der Waals surface area contributed by atoms with Crippen molar-refractivity contribution >= 4 is 44.5 Å². The largest absolute Gasteiger partial charge is 0.352 e. The van der Waals surface area contributed by atoms with Crippen LogP contribution in [-0.2, 0) is 17.8 Å². The van der Waals surface area contributed by atoms with Crippen LogP contribution in [0.2, 0.25) is 0 Å². The number of likely N-dealkylation sites (N-methyl/N-ethyl adjacent to an activating group) is 1. The summed E-state index contributed by atoms with van der Waals surface area (Å²) in [7, 11) is 1.79. The normalized spacial score (nSPS) is 10.8. The Morgan fingerprint density at radius 1 is 0.970 bits per heavy atom. The first-order valence-electron chi connectivity index (χ1n) is 10.8. The maximum atomic E-state index is 13.0. The molecule has 6 nitrogen and oxygen atoms in total. The monoisotopic (exact) mass is 504 g/mol. The molecule has 4 rings (SSSR count). The van der Waals surface area contributed by atoms with Gasteiger partial charge in [0.05, 0.1) is 11.0 Å². The summed E-state index contributed by atoms with van der Waals surface area (Å²) in [6, 6.07) is 24.7. The Morgan fingerprint density at radius 2 is 1.67 bits per heavy atom. The van der Waals surface area contributed by atoms with Gasteiger partial charge in [0, 0.05) is 35.7 Å². The molecule has 2 amide bonds. The Bertz CT molecular complexity index is 1250. The first-order valence-corrected chi connectivity index (χ1v) is 11.6. The Morgan fingerprint density at radius 3 is 2.42 bits per heavy atom. The predicted molar refractivity (Wildman–Crippen MR) is 134 cm³/mol. The zero-order valence-electron chi connectivity index (χ0n) is 18.4. The van der Waals surface area contributed by atoms with Crippen molar-refractivity contribution in [2.45, 2.75) is 19.4 Å². The number of fused-ring (bicyclic) bond motifs is 1. The van der Waals surface area contributed by atoms with Gasteiger partial charge in [-0.15, -0.1) is 0 Å². The van der Waals surface area contributed by atoms with Gasteiger partial charge in [-0.3, -0.25) is 9.59 Å². The molecule has 0 fully saturated rings. The van der Waals surface area contributed by atoms with E-state index in [0.29, 0.717) is 24.9 Å². The van der Waals surface area contributed by atoms with Crippen molar-refractivity contribution < 1.29 is 9.59 Å². The van der Waals surface area contributed by atoms with E-state index in [2.05, 4.69) is 21.2 Å². The molecule has 4 aromatic rings. The predicted octanol–water partition coefficient (Wildman–Crippen LogP) is 4.82.